The molecule has 3 aromatic rings. The predicted octanol–water partition coefficient (Wildman–Crippen LogP) is 2.58. The van der Waals surface area contributed by atoms with Gasteiger partial charge in [0.1, 0.15) is 4.90 Å². The van der Waals surface area contributed by atoms with Crippen LogP contribution in [0.2, 0.25) is 0 Å². The summed E-state index contributed by atoms with van der Waals surface area (Å²) in [7, 11) is -3.83. The summed E-state index contributed by atoms with van der Waals surface area (Å²) in [5, 5.41) is 17.0. The van der Waals surface area contributed by atoms with Crippen molar-refractivity contribution >= 4 is 32.6 Å². The number of anilines is 1. The number of aliphatic hydroxyl groups is 1. The van der Waals surface area contributed by atoms with Crippen LogP contribution in [0.5, 0.6) is 0 Å². The lowest BCUT2D eigenvalue weighted by Crippen LogP contribution is -2.37. The molecule has 0 amide bonds. The molecule has 5 rings (SSSR count). The normalized spacial score (nSPS) is 19.2. The standard InChI is InChI=1S/C19H22F2N6O3S2/c1-19(4-5-19)25-32(29,30)12-8-13(26-6-2-11(28)3-7-26)14-9-22-16(27(14)10-12)18-24-23-17(31-18)15(20)21/h8-11,15,25,28H,2-7H2,1H3. The molecular formula is C19H22F2N6O3S2. The van der Waals surface area contributed by atoms with E-state index in [2.05, 4.69) is 19.9 Å². The first-order valence-corrected chi connectivity index (χ1v) is 12.6. The number of hydrogen-bond donors (Lipinski definition) is 2. The first-order valence-electron chi connectivity index (χ1n) is 10.3. The molecule has 9 nitrogen and oxygen atoms in total. The number of nitrogens with zero attached hydrogens (tertiary/aromatic N) is 5. The van der Waals surface area contributed by atoms with Gasteiger partial charge in [0.25, 0.3) is 6.43 Å². The molecule has 1 aliphatic heterocycles. The van der Waals surface area contributed by atoms with Gasteiger partial charge in [-0.15, -0.1) is 10.2 Å². The average molecular weight is 485 g/mol. The van der Waals surface area contributed by atoms with Crippen molar-refractivity contribution in [2.45, 2.75) is 55.6 Å². The molecule has 1 saturated heterocycles. The van der Waals surface area contributed by atoms with Gasteiger partial charge >= 0.3 is 0 Å². The summed E-state index contributed by atoms with van der Waals surface area (Å²) in [4.78, 5) is 6.42. The molecule has 0 atom stereocenters. The van der Waals surface area contributed by atoms with Crippen LogP contribution in [0.1, 0.15) is 44.0 Å². The quantitative estimate of drug-likeness (QED) is 0.553. The number of piperidine rings is 1. The molecule has 2 aliphatic rings. The van der Waals surface area contributed by atoms with E-state index in [4.69, 9.17) is 0 Å². The number of nitrogens with one attached hydrogen (secondary N) is 1. The summed E-state index contributed by atoms with van der Waals surface area (Å²) < 4.78 is 56.7. The summed E-state index contributed by atoms with van der Waals surface area (Å²) in [5.41, 5.74) is 0.826. The molecule has 1 saturated carbocycles. The van der Waals surface area contributed by atoms with Crippen LogP contribution in [0.15, 0.2) is 23.4 Å². The van der Waals surface area contributed by atoms with Crippen LogP contribution in [0.3, 0.4) is 0 Å². The van der Waals surface area contributed by atoms with E-state index in [1.807, 2.05) is 11.8 Å². The van der Waals surface area contributed by atoms with Crippen LogP contribution in [-0.4, -0.2) is 57.8 Å². The van der Waals surface area contributed by atoms with E-state index < -0.39 is 27.0 Å². The highest BCUT2D eigenvalue weighted by atomic mass is 32.2. The third kappa shape index (κ3) is 3.98. The maximum Gasteiger partial charge on any atom is 0.291 e. The molecule has 32 heavy (non-hydrogen) atoms. The Kier molecular flexibility index (Phi) is 5.19. The Morgan fingerprint density at radius 1 is 1.28 bits per heavy atom. The second-order valence-electron chi connectivity index (χ2n) is 8.53. The van der Waals surface area contributed by atoms with E-state index in [1.54, 1.807) is 16.7 Å². The molecular weight excluding hydrogens is 462 g/mol. The van der Waals surface area contributed by atoms with Gasteiger partial charge in [0, 0.05) is 24.8 Å². The smallest absolute Gasteiger partial charge is 0.291 e. The van der Waals surface area contributed by atoms with Gasteiger partial charge in [-0.1, -0.05) is 11.3 Å². The molecule has 3 aromatic heterocycles. The van der Waals surface area contributed by atoms with Gasteiger partial charge in [-0.2, -0.15) is 0 Å². The number of halogens is 2. The highest BCUT2D eigenvalue weighted by molar-refractivity contribution is 7.89. The van der Waals surface area contributed by atoms with E-state index in [-0.39, 0.29) is 21.8 Å². The van der Waals surface area contributed by atoms with Crippen LogP contribution >= 0.6 is 11.3 Å². The Hall–Kier alpha value is -2.22. The van der Waals surface area contributed by atoms with Gasteiger partial charge in [0.2, 0.25) is 10.0 Å². The second kappa shape index (κ2) is 7.68. The fraction of sp³-hybridized carbons (Fsp3) is 0.526. The van der Waals surface area contributed by atoms with Gasteiger partial charge in [-0.3, -0.25) is 4.40 Å². The van der Waals surface area contributed by atoms with Gasteiger partial charge < -0.3 is 10.0 Å². The molecule has 0 unspecified atom stereocenters. The minimum absolute atomic E-state index is 0.0529. The summed E-state index contributed by atoms with van der Waals surface area (Å²) in [6, 6.07) is 1.61. The van der Waals surface area contributed by atoms with Gasteiger partial charge in [0.05, 0.1) is 23.5 Å². The van der Waals surface area contributed by atoms with Crippen LogP contribution < -0.4 is 9.62 Å². The first-order chi connectivity index (χ1) is 15.2. The highest BCUT2D eigenvalue weighted by Crippen LogP contribution is 2.37. The number of hydrogen-bond acceptors (Lipinski definition) is 8. The maximum absolute atomic E-state index is 13.2. The van der Waals surface area contributed by atoms with Crippen molar-refractivity contribution in [2.24, 2.45) is 0 Å². The van der Waals surface area contributed by atoms with E-state index in [1.165, 1.54) is 6.20 Å². The topological polar surface area (TPSA) is 113 Å². The lowest BCUT2D eigenvalue weighted by molar-refractivity contribution is 0.145. The molecule has 1 aliphatic carbocycles. The van der Waals surface area contributed by atoms with Crippen molar-refractivity contribution in [3.63, 3.8) is 0 Å². The number of imidazole rings is 1. The number of aromatic nitrogens is 4. The molecule has 0 spiro atoms. The minimum atomic E-state index is -3.83. The maximum atomic E-state index is 13.2. The molecule has 4 heterocycles. The molecule has 0 aromatic carbocycles. The summed E-state index contributed by atoms with van der Waals surface area (Å²) in [5.74, 6) is 0.248. The van der Waals surface area contributed by atoms with Crippen molar-refractivity contribution < 1.29 is 22.3 Å². The summed E-state index contributed by atoms with van der Waals surface area (Å²) in [6.45, 7) is 2.96. The Labute approximate surface area is 187 Å². The first kappa shape index (κ1) is 21.6. The molecule has 172 valence electrons. The third-order valence-electron chi connectivity index (χ3n) is 5.91. The van der Waals surface area contributed by atoms with Gasteiger partial charge in [-0.05, 0) is 38.7 Å². The minimum Gasteiger partial charge on any atom is -0.393 e. The van der Waals surface area contributed by atoms with Crippen LogP contribution in [0.4, 0.5) is 14.5 Å². The highest BCUT2D eigenvalue weighted by Gasteiger charge is 2.41. The number of fused-ring (bicyclic) bond motifs is 1. The van der Waals surface area contributed by atoms with E-state index in [0.29, 0.717) is 37.1 Å². The molecule has 2 fully saturated rings. The SMILES string of the molecule is CC1(NS(=O)(=O)c2cc(N3CCC(O)CC3)c3cnc(-c4nnc(C(F)F)s4)n3c2)CC1. The van der Waals surface area contributed by atoms with Crippen molar-refractivity contribution in [3.05, 3.63) is 23.5 Å². The van der Waals surface area contributed by atoms with Crippen molar-refractivity contribution in [2.75, 3.05) is 18.0 Å². The Morgan fingerprint density at radius 3 is 2.62 bits per heavy atom. The molecule has 13 heteroatoms. The third-order valence-corrected chi connectivity index (χ3v) is 8.44. The summed E-state index contributed by atoms with van der Waals surface area (Å²) in [6.07, 6.45) is 2.54. The number of rotatable bonds is 6. The Balaban J connectivity index is 1.65. The van der Waals surface area contributed by atoms with Crippen LogP contribution in [-0.2, 0) is 10.0 Å². The summed E-state index contributed by atoms with van der Waals surface area (Å²) >= 11 is 0.721. The zero-order valence-corrected chi connectivity index (χ0v) is 18.8. The monoisotopic (exact) mass is 484 g/mol. The van der Waals surface area contributed by atoms with Crippen molar-refractivity contribution in [1.82, 2.24) is 24.3 Å². The number of pyridine rings is 1. The van der Waals surface area contributed by atoms with Crippen LogP contribution in [0.25, 0.3) is 16.3 Å². The predicted molar refractivity (Wildman–Crippen MR) is 114 cm³/mol. The van der Waals surface area contributed by atoms with E-state index >= 15 is 0 Å². The van der Waals surface area contributed by atoms with Gasteiger partial charge in [0.15, 0.2) is 15.8 Å². The Bertz CT molecular complexity index is 1260. The average Bonchev–Trinajstić information content (AvgIpc) is 3.14. The zero-order valence-electron chi connectivity index (χ0n) is 17.2. The Morgan fingerprint density at radius 2 is 2.00 bits per heavy atom. The number of aliphatic hydroxyl groups excluding tert-OH is 1. The van der Waals surface area contributed by atoms with Gasteiger partial charge in [-0.25, -0.2) is 26.9 Å². The van der Waals surface area contributed by atoms with Crippen molar-refractivity contribution in [1.29, 1.82) is 0 Å². The second-order valence-corrected chi connectivity index (χ2v) is 11.2. The number of sulfonamides is 1. The van der Waals surface area contributed by atoms with E-state index in [0.717, 1.165) is 24.2 Å². The van der Waals surface area contributed by atoms with Crippen molar-refractivity contribution in [3.8, 4) is 10.8 Å². The fourth-order valence-corrected chi connectivity index (χ4v) is 5.98. The fourth-order valence-electron chi connectivity index (χ4n) is 3.81. The van der Waals surface area contributed by atoms with Crippen LogP contribution in [0, 0.1) is 0 Å². The molecule has 0 bridgehead atoms. The molecule has 0 radical (unpaired) electrons. The molecule has 2 N–H and O–H groups in total. The lowest BCUT2D eigenvalue weighted by atomic mass is 10.1. The number of alkyl halides is 2. The zero-order chi connectivity index (χ0) is 22.7. The lowest BCUT2D eigenvalue weighted by Gasteiger charge is -2.32. The van der Waals surface area contributed by atoms with E-state index in [9.17, 15) is 22.3 Å². The largest absolute Gasteiger partial charge is 0.393 e.